The predicted molar refractivity (Wildman–Crippen MR) is 113 cm³/mol. The number of nitrogens with one attached hydrogen (secondary N) is 2. The molecular formula is C22H23ClN4O. The molecule has 0 unspecified atom stereocenters. The van der Waals surface area contributed by atoms with Crippen molar-refractivity contribution >= 4 is 29.1 Å². The topological polar surface area (TPSA) is 66.9 Å². The van der Waals surface area contributed by atoms with Crippen LogP contribution < -0.4 is 10.6 Å². The number of hydrogen-bond donors (Lipinski definition) is 2. The number of anilines is 2. The minimum atomic E-state index is -0.198. The zero-order valence-electron chi connectivity index (χ0n) is 16.2. The third kappa shape index (κ3) is 5.08. The summed E-state index contributed by atoms with van der Waals surface area (Å²) >= 11 is 5.97. The number of hydrogen-bond acceptors (Lipinski definition) is 4. The number of carbonyl (C=O) groups is 1. The normalized spacial score (nSPS) is 10.6. The van der Waals surface area contributed by atoms with Gasteiger partial charge in [-0.25, -0.2) is 9.97 Å². The molecule has 0 fully saturated rings. The Hall–Kier alpha value is -2.92. The fourth-order valence-electron chi connectivity index (χ4n) is 3.11. The molecule has 1 heterocycles. The molecule has 0 spiro atoms. The Kier molecular flexibility index (Phi) is 6.26. The van der Waals surface area contributed by atoms with Crippen molar-refractivity contribution in [2.75, 3.05) is 11.9 Å². The molecule has 5 nitrogen and oxygen atoms in total. The van der Waals surface area contributed by atoms with E-state index < -0.39 is 0 Å². The molecule has 28 heavy (non-hydrogen) atoms. The molecule has 0 aliphatic heterocycles. The van der Waals surface area contributed by atoms with Crippen LogP contribution in [0.15, 0.2) is 48.8 Å². The second kappa shape index (κ2) is 8.85. The lowest BCUT2D eigenvalue weighted by atomic mass is 10.1. The number of rotatable bonds is 6. The minimum Gasteiger partial charge on any atom is -0.352 e. The highest BCUT2D eigenvalue weighted by Gasteiger charge is 2.09. The summed E-state index contributed by atoms with van der Waals surface area (Å²) in [5.74, 6) is 0.266. The van der Waals surface area contributed by atoms with Gasteiger partial charge < -0.3 is 10.6 Å². The second-order valence-electron chi connectivity index (χ2n) is 6.83. The number of halogens is 1. The summed E-state index contributed by atoms with van der Waals surface area (Å²) in [4.78, 5) is 20.8. The molecule has 3 rings (SSSR count). The Morgan fingerprint density at radius 3 is 2.36 bits per heavy atom. The first-order valence-corrected chi connectivity index (χ1v) is 9.50. The summed E-state index contributed by atoms with van der Waals surface area (Å²) in [7, 11) is 0. The number of amides is 1. The zero-order valence-corrected chi connectivity index (χ0v) is 17.0. The van der Waals surface area contributed by atoms with Gasteiger partial charge in [0.2, 0.25) is 5.95 Å². The number of nitrogens with zero attached hydrogens (tertiary/aromatic N) is 2. The molecule has 144 valence electrons. The van der Waals surface area contributed by atoms with E-state index in [1.54, 1.807) is 0 Å². The van der Waals surface area contributed by atoms with Crippen LogP contribution >= 0.6 is 11.6 Å². The minimum absolute atomic E-state index is 0.198. The molecule has 6 heteroatoms. The van der Waals surface area contributed by atoms with E-state index in [0.717, 1.165) is 22.4 Å². The van der Waals surface area contributed by atoms with Crippen LogP contribution in [0.2, 0.25) is 5.02 Å². The molecule has 0 aliphatic rings. The Balaban J connectivity index is 1.58. The van der Waals surface area contributed by atoms with Gasteiger partial charge in [0, 0.05) is 29.6 Å². The van der Waals surface area contributed by atoms with Crippen molar-refractivity contribution in [3.63, 3.8) is 0 Å². The Bertz CT molecular complexity index is 963. The molecule has 1 aromatic heterocycles. The molecule has 2 N–H and O–H groups in total. The van der Waals surface area contributed by atoms with Gasteiger partial charge in [-0.15, -0.1) is 0 Å². The van der Waals surface area contributed by atoms with Crippen molar-refractivity contribution < 1.29 is 4.79 Å². The molecular weight excluding hydrogens is 372 g/mol. The number of benzene rings is 2. The average molecular weight is 395 g/mol. The van der Waals surface area contributed by atoms with Gasteiger partial charge in [-0.05, 0) is 56.0 Å². The number of aromatic nitrogens is 2. The van der Waals surface area contributed by atoms with Crippen molar-refractivity contribution in [3.05, 3.63) is 81.6 Å². The van der Waals surface area contributed by atoms with Crippen LogP contribution in [0.5, 0.6) is 0 Å². The van der Waals surface area contributed by atoms with Crippen LogP contribution in [0.3, 0.4) is 0 Å². The smallest absolute Gasteiger partial charge is 0.254 e. The van der Waals surface area contributed by atoms with E-state index in [2.05, 4.69) is 39.7 Å². The molecule has 0 atom stereocenters. The average Bonchev–Trinajstić information content (AvgIpc) is 2.65. The van der Waals surface area contributed by atoms with Gasteiger partial charge in [0.25, 0.3) is 5.91 Å². The third-order valence-electron chi connectivity index (χ3n) is 4.42. The molecule has 1 amide bonds. The van der Waals surface area contributed by atoms with Crippen LogP contribution in [0.4, 0.5) is 11.6 Å². The highest BCUT2D eigenvalue weighted by Crippen LogP contribution is 2.24. The van der Waals surface area contributed by atoms with Gasteiger partial charge >= 0.3 is 0 Å². The zero-order chi connectivity index (χ0) is 20.1. The van der Waals surface area contributed by atoms with E-state index in [0.29, 0.717) is 29.5 Å². The Morgan fingerprint density at radius 1 is 1.04 bits per heavy atom. The maximum absolute atomic E-state index is 12.3. The quantitative estimate of drug-likeness (QED) is 0.631. The van der Waals surface area contributed by atoms with Crippen LogP contribution in [0, 0.1) is 20.8 Å². The van der Waals surface area contributed by atoms with E-state index >= 15 is 0 Å². The molecule has 0 bridgehead atoms. The first kappa shape index (κ1) is 19.8. The largest absolute Gasteiger partial charge is 0.352 e. The summed E-state index contributed by atoms with van der Waals surface area (Å²) in [6.07, 6.45) is 3.77. The van der Waals surface area contributed by atoms with Crippen molar-refractivity contribution in [3.8, 4) is 0 Å². The monoisotopic (exact) mass is 394 g/mol. The summed E-state index contributed by atoms with van der Waals surface area (Å²) in [5.41, 5.74) is 5.96. The predicted octanol–water partition coefficient (Wildman–Crippen LogP) is 4.77. The highest BCUT2D eigenvalue weighted by atomic mass is 35.5. The molecule has 0 saturated heterocycles. The van der Waals surface area contributed by atoms with E-state index in [1.807, 2.05) is 38.1 Å². The van der Waals surface area contributed by atoms with Crippen molar-refractivity contribution in [1.82, 2.24) is 15.3 Å². The SMILES string of the molecule is Cc1cc(C)c(Nc2ncc(C(=O)NCCc3cccc(Cl)c3)cn2)c(C)c1. The fraction of sp³-hybridized carbons (Fsp3) is 0.227. The fourth-order valence-corrected chi connectivity index (χ4v) is 3.33. The lowest BCUT2D eigenvalue weighted by Crippen LogP contribution is -2.26. The number of aryl methyl sites for hydroxylation is 3. The lowest BCUT2D eigenvalue weighted by Gasteiger charge is -2.12. The highest BCUT2D eigenvalue weighted by molar-refractivity contribution is 6.30. The Morgan fingerprint density at radius 2 is 1.71 bits per heavy atom. The molecule has 0 aliphatic carbocycles. The van der Waals surface area contributed by atoms with Gasteiger partial charge in [0.1, 0.15) is 0 Å². The second-order valence-corrected chi connectivity index (χ2v) is 7.27. The van der Waals surface area contributed by atoms with Gasteiger partial charge in [-0.2, -0.15) is 0 Å². The summed E-state index contributed by atoms with van der Waals surface area (Å²) < 4.78 is 0. The van der Waals surface area contributed by atoms with Crippen LogP contribution in [-0.4, -0.2) is 22.4 Å². The molecule has 0 radical (unpaired) electrons. The van der Waals surface area contributed by atoms with Gasteiger partial charge in [-0.1, -0.05) is 41.4 Å². The van der Waals surface area contributed by atoms with Gasteiger partial charge in [0.15, 0.2) is 0 Å². The van der Waals surface area contributed by atoms with Crippen LogP contribution in [-0.2, 0) is 6.42 Å². The first-order valence-electron chi connectivity index (χ1n) is 9.12. The van der Waals surface area contributed by atoms with Crippen molar-refractivity contribution in [1.29, 1.82) is 0 Å². The van der Waals surface area contributed by atoms with Crippen LogP contribution in [0.1, 0.15) is 32.6 Å². The molecule has 2 aromatic carbocycles. The van der Waals surface area contributed by atoms with E-state index in [9.17, 15) is 4.79 Å². The lowest BCUT2D eigenvalue weighted by molar-refractivity contribution is 0.0953. The van der Waals surface area contributed by atoms with E-state index in [4.69, 9.17) is 11.6 Å². The van der Waals surface area contributed by atoms with Crippen molar-refractivity contribution in [2.45, 2.75) is 27.2 Å². The van der Waals surface area contributed by atoms with Crippen LogP contribution in [0.25, 0.3) is 0 Å². The third-order valence-corrected chi connectivity index (χ3v) is 4.65. The van der Waals surface area contributed by atoms with E-state index in [-0.39, 0.29) is 5.91 Å². The maximum atomic E-state index is 12.3. The maximum Gasteiger partial charge on any atom is 0.254 e. The summed E-state index contributed by atoms with van der Waals surface area (Å²) in [5, 5.41) is 6.81. The molecule has 0 saturated carbocycles. The molecule has 3 aromatic rings. The van der Waals surface area contributed by atoms with Gasteiger partial charge in [0.05, 0.1) is 5.56 Å². The summed E-state index contributed by atoms with van der Waals surface area (Å²) in [6.45, 7) is 6.68. The van der Waals surface area contributed by atoms with Gasteiger partial charge in [-0.3, -0.25) is 4.79 Å². The summed E-state index contributed by atoms with van der Waals surface area (Å²) in [6, 6.07) is 11.8. The standard InChI is InChI=1S/C22H23ClN4O/c1-14-9-15(2)20(16(3)10-14)27-22-25-12-18(13-26-22)21(28)24-8-7-17-5-4-6-19(23)11-17/h4-6,9-13H,7-8H2,1-3H3,(H,24,28)(H,25,26,27). The Labute approximate surface area is 170 Å². The first-order chi connectivity index (χ1) is 13.4. The van der Waals surface area contributed by atoms with Crippen molar-refractivity contribution in [2.24, 2.45) is 0 Å². The number of carbonyl (C=O) groups excluding carboxylic acids is 1. The van der Waals surface area contributed by atoms with E-state index in [1.165, 1.54) is 18.0 Å².